The first-order valence-electron chi connectivity index (χ1n) is 5.55. The summed E-state index contributed by atoms with van der Waals surface area (Å²) in [5.41, 5.74) is 0. The van der Waals surface area contributed by atoms with Crippen LogP contribution in [0.25, 0.3) is 0 Å². The molecule has 0 saturated carbocycles. The number of aryl methyl sites for hydroxylation is 1. The molecule has 0 aliphatic heterocycles. The summed E-state index contributed by atoms with van der Waals surface area (Å²) in [6.07, 6.45) is 6.62. The van der Waals surface area contributed by atoms with Gasteiger partial charge >= 0.3 is 0 Å². The minimum atomic E-state index is 0.530. The molecule has 0 N–H and O–H groups in total. The Bertz CT molecular complexity index is 294. The normalized spacial score (nSPS) is 13.1. The second kappa shape index (κ2) is 7.08. The van der Waals surface area contributed by atoms with Crippen LogP contribution in [0, 0.1) is 6.92 Å². The fourth-order valence-electron chi connectivity index (χ4n) is 1.60. The SMILES string of the molecule is CCCCCCC(Br)c1sc(C)cc1Br. The van der Waals surface area contributed by atoms with Crippen LogP contribution in [0.4, 0.5) is 0 Å². The number of rotatable bonds is 6. The molecule has 1 aromatic heterocycles. The topological polar surface area (TPSA) is 0 Å². The third-order valence-corrected chi connectivity index (χ3v) is 5.73. The highest BCUT2D eigenvalue weighted by Gasteiger charge is 2.13. The highest BCUT2D eigenvalue weighted by molar-refractivity contribution is 9.11. The van der Waals surface area contributed by atoms with E-state index >= 15 is 0 Å². The van der Waals surface area contributed by atoms with Gasteiger partial charge in [0.25, 0.3) is 0 Å². The van der Waals surface area contributed by atoms with Crippen LogP contribution < -0.4 is 0 Å². The molecule has 0 amide bonds. The van der Waals surface area contributed by atoms with Gasteiger partial charge in [0.1, 0.15) is 0 Å². The van der Waals surface area contributed by atoms with Gasteiger partial charge in [0.2, 0.25) is 0 Å². The Labute approximate surface area is 114 Å². The minimum absolute atomic E-state index is 0.530. The van der Waals surface area contributed by atoms with Crippen LogP contribution >= 0.6 is 43.2 Å². The van der Waals surface area contributed by atoms with E-state index < -0.39 is 0 Å². The number of halogens is 2. The molecule has 0 bridgehead atoms. The summed E-state index contributed by atoms with van der Waals surface area (Å²) in [5.74, 6) is 0. The lowest BCUT2D eigenvalue weighted by Gasteiger charge is -2.07. The Morgan fingerprint density at radius 1 is 1.33 bits per heavy atom. The smallest absolute Gasteiger partial charge is 0.0500 e. The van der Waals surface area contributed by atoms with Crippen LogP contribution in [0.2, 0.25) is 0 Å². The van der Waals surface area contributed by atoms with Crippen LogP contribution in [-0.4, -0.2) is 0 Å². The second-order valence-electron chi connectivity index (χ2n) is 3.89. The summed E-state index contributed by atoms with van der Waals surface area (Å²) >= 11 is 9.30. The van der Waals surface area contributed by atoms with E-state index in [0.717, 1.165) is 0 Å². The number of hydrogen-bond donors (Lipinski definition) is 0. The first kappa shape index (κ1) is 13.7. The van der Waals surface area contributed by atoms with Gasteiger partial charge in [0, 0.05) is 14.2 Å². The average Bonchev–Trinajstić information content (AvgIpc) is 2.52. The molecule has 1 unspecified atom stereocenters. The molecule has 0 aliphatic rings. The molecular formula is C12H18Br2S. The van der Waals surface area contributed by atoms with Crippen LogP contribution in [0.3, 0.4) is 0 Å². The van der Waals surface area contributed by atoms with Gasteiger partial charge in [-0.25, -0.2) is 0 Å². The molecule has 0 aromatic carbocycles. The number of hydrogen-bond acceptors (Lipinski definition) is 1. The molecule has 15 heavy (non-hydrogen) atoms. The van der Waals surface area contributed by atoms with Gasteiger partial charge < -0.3 is 0 Å². The Morgan fingerprint density at radius 3 is 2.60 bits per heavy atom. The van der Waals surface area contributed by atoms with Gasteiger partial charge in [-0.1, -0.05) is 48.5 Å². The van der Waals surface area contributed by atoms with E-state index in [9.17, 15) is 0 Å². The number of thiophene rings is 1. The first-order valence-corrected chi connectivity index (χ1v) is 8.07. The van der Waals surface area contributed by atoms with Crippen molar-refractivity contribution in [3.05, 3.63) is 20.3 Å². The van der Waals surface area contributed by atoms with Gasteiger partial charge in [0.05, 0.1) is 4.83 Å². The summed E-state index contributed by atoms with van der Waals surface area (Å²) < 4.78 is 1.27. The van der Waals surface area contributed by atoms with Crippen LogP contribution in [0.5, 0.6) is 0 Å². The summed E-state index contributed by atoms with van der Waals surface area (Å²) in [7, 11) is 0. The van der Waals surface area contributed by atoms with Crippen molar-refractivity contribution in [1.29, 1.82) is 0 Å². The Hall–Kier alpha value is 0.660. The molecule has 0 fully saturated rings. The van der Waals surface area contributed by atoms with Crippen molar-refractivity contribution in [3.63, 3.8) is 0 Å². The summed E-state index contributed by atoms with van der Waals surface area (Å²) in [5, 5.41) is 0. The first-order chi connectivity index (χ1) is 7.15. The largest absolute Gasteiger partial charge is 0.143 e. The second-order valence-corrected chi connectivity index (χ2v) is 7.13. The van der Waals surface area contributed by atoms with Crippen molar-refractivity contribution >= 4 is 43.2 Å². The molecule has 0 aliphatic carbocycles. The van der Waals surface area contributed by atoms with E-state index in [1.807, 2.05) is 11.3 Å². The van der Waals surface area contributed by atoms with Crippen LogP contribution in [0.15, 0.2) is 10.5 Å². The lowest BCUT2D eigenvalue weighted by Crippen LogP contribution is -1.87. The van der Waals surface area contributed by atoms with Gasteiger partial charge in [-0.05, 0) is 35.3 Å². The quantitative estimate of drug-likeness (QED) is 0.420. The standard InChI is InChI=1S/C12H18Br2S/c1-3-4-5-6-7-10(13)12-11(14)8-9(2)15-12/h8,10H,3-7H2,1-2H3. The fourth-order valence-corrected chi connectivity index (χ4v) is 4.69. The Morgan fingerprint density at radius 2 is 2.07 bits per heavy atom. The van der Waals surface area contributed by atoms with E-state index in [2.05, 4.69) is 51.8 Å². The molecule has 0 radical (unpaired) electrons. The molecule has 0 nitrogen and oxygen atoms in total. The van der Waals surface area contributed by atoms with Crippen molar-refractivity contribution in [2.24, 2.45) is 0 Å². The number of alkyl halides is 1. The Balaban J connectivity index is 2.39. The molecular weight excluding hydrogens is 336 g/mol. The molecule has 1 aromatic rings. The maximum atomic E-state index is 3.78. The summed E-state index contributed by atoms with van der Waals surface area (Å²) in [4.78, 5) is 3.36. The van der Waals surface area contributed by atoms with Crippen molar-refractivity contribution < 1.29 is 0 Å². The van der Waals surface area contributed by atoms with Crippen LogP contribution in [-0.2, 0) is 0 Å². The molecule has 0 spiro atoms. The third-order valence-electron chi connectivity index (χ3n) is 2.43. The number of unbranched alkanes of at least 4 members (excludes halogenated alkanes) is 3. The zero-order valence-corrected chi connectivity index (χ0v) is 13.3. The molecule has 3 heteroatoms. The summed E-state index contributed by atoms with van der Waals surface area (Å²) in [6.45, 7) is 4.42. The van der Waals surface area contributed by atoms with Crippen molar-refractivity contribution in [2.75, 3.05) is 0 Å². The summed E-state index contributed by atoms with van der Waals surface area (Å²) in [6, 6.07) is 2.21. The van der Waals surface area contributed by atoms with Crippen molar-refractivity contribution in [3.8, 4) is 0 Å². The van der Waals surface area contributed by atoms with E-state index in [1.165, 1.54) is 46.3 Å². The van der Waals surface area contributed by atoms with E-state index in [0.29, 0.717) is 4.83 Å². The van der Waals surface area contributed by atoms with Gasteiger partial charge in [-0.3, -0.25) is 0 Å². The minimum Gasteiger partial charge on any atom is -0.143 e. The fraction of sp³-hybridized carbons (Fsp3) is 0.667. The molecule has 1 atom stereocenters. The maximum absolute atomic E-state index is 3.78. The Kier molecular flexibility index (Phi) is 6.48. The highest BCUT2D eigenvalue weighted by Crippen LogP contribution is 2.39. The lowest BCUT2D eigenvalue weighted by molar-refractivity contribution is 0.632. The molecule has 1 heterocycles. The van der Waals surface area contributed by atoms with Gasteiger partial charge in [-0.15, -0.1) is 11.3 Å². The van der Waals surface area contributed by atoms with Crippen molar-refractivity contribution in [2.45, 2.75) is 50.8 Å². The zero-order chi connectivity index (χ0) is 11.3. The maximum Gasteiger partial charge on any atom is 0.0500 e. The predicted molar refractivity (Wildman–Crippen MR) is 77.2 cm³/mol. The molecule has 86 valence electrons. The van der Waals surface area contributed by atoms with E-state index in [4.69, 9.17) is 0 Å². The monoisotopic (exact) mass is 352 g/mol. The average molecular weight is 354 g/mol. The molecule has 0 saturated heterocycles. The van der Waals surface area contributed by atoms with E-state index in [1.54, 1.807) is 0 Å². The van der Waals surface area contributed by atoms with Gasteiger partial charge in [0.15, 0.2) is 0 Å². The van der Waals surface area contributed by atoms with Crippen molar-refractivity contribution in [1.82, 2.24) is 0 Å². The van der Waals surface area contributed by atoms with Crippen LogP contribution in [0.1, 0.15) is 53.6 Å². The lowest BCUT2D eigenvalue weighted by atomic mass is 10.1. The highest BCUT2D eigenvalue weighted by atomic mass is 79.9. The molecule has 1 rings (SSSR count). The zero-order valence-electron chi connectivity index (χ0n) is 9.35. The predicted octanol–water partition coefficient (Wildman–Crippen LogP) is 6.23. The third kappa shape index (κ3) is 4.58. The van der Waals surface area contributed by atoms with E-state index in [-0.39, 0.29) is 0 Å². The van der Waals surface area contributed by atoms with Gasteiger partial charge in [-0.2, -0.15) is 0 Å².